The van der Waals surface area contributed by atoms with E-state index in [2.05, 4.69) is 24.1 Å². The Bertz CT molecular complexity index is 291. The van der Waals surface area contributed by atoms with Crippen molar-refractivity contribution in [3.8, 4) is 0 Å². The predicted octanol–water partition coefficient (Wildman–Crippen LogP) is 3.17. The van der Waals surface area contributed by atoms with Crippen LogP contribution in [0.5, 0.6) is 0 Å². The van der Waals surface area contributed by atoms with Crippen molar-refractivity contribution in [2.45, 2.75) is 76.3 Å². The first-order chi connectivity index (χ1) is 8.66. The van der Waals surface area contributed by atoms with Crippen molar-refractivity contribution < 1.29 is 0 Å². The van der Waals surface area contributed by atoms with Crippen molar-refractivity contribution in [1.29, 1.82) is 0 Å². The summed E-state index contributed by atoms with van der Waals surface area (Å²) in [6, 6.07) is 0. The maximum atomic E-state index is 3.93. The van der Waals surface area contributed by atoms with E-state index in [9.17, 15) is 0 Å². The van der Waals surface area contributed by atoms with E-state index in [1.54, 1.807) is 0 Å². The Labute approximate surface area is 113 Å². The summed E-state index contributed by atoms with van der Waals surface area (Å²) in [5.74, 6) is 1.07. The highest BCUT2D eigenvalue weighted by molar-refractivity contribution is 5.05. The van der Waals surface area contributed by atoms with Gasteiger partial charge in [0.05, 0.1) is 0 Å². The predicted molar refractivity (Wildman–Crippen MR) is 76.8 cm³/mol. The summed E-state index contributed by atoms with van der Waals surface area (Å²) in [5, 5.41) is 3.93. The van der Waals surface area contributed by atoms with E-state index in [0.29, 0.717) is 11.1 Å². The molecule has 1 heterocycles. The van der Waals surface area contributed by atoms with Crippen LogP contribution in [0.3, 0.4) is 0 Å². The van der Waals surface area contributed by atoms with Gasteiger partial charge in [0.2, 0.25) is 0 Å². The van der Waals surface area contributed by atoms with E-state index in [1.807, 2.05) is 0 Å². The molecule has 0 aromatic carbocycles. The zero-order chi connectivity index (χ0) is 12.6. The summed E-state index contributed by atoms with van der Waals surface area (Å²) in [7, 11) is 0. The third-order valence-electron chi connectivity index (χ3n) is 5.93. The van der Waals surface area contributed by atoms with Gasteiger partial charge in [-0.1, -0.05) is 32.6 Å². The molecule has 2 heteroatoms. The van der Waals surface area contributed by atoms with Crippen LogP contribution in [0.25, 0.3) is 0 Å². The van der Waals surface area contributed by atoms with Gasteiger partial charge in [-0.3, -0.25) is 4.90 Å². The monoisotopic (exact) mass is 250 g/mol. The third-order valence-corrected chi connectivity index (χ3v) is 5.93. The van der Waals surface area contributed by atoms with Crippen molar-refractivity contribution in [1.82, 2.24) is 10.2 Å². The van der Waals surface area contributed by atoms with Crippen LogP contribution in [0, 0.1) is 5.92 Å². The lowest BCUT2D eigenvalue weighted by molar-refractivity contribution is 0.0126. The number of nitrogens with one attached hydrogen (secondary N) is 1. The lowest BCUT2D eigenvalue weighted by Crippen LogP contribution is -2.68. The van der Waals surface area contributed by atoms with E-state index in [1.165, 1.54) is 71.0 Å². The molecular formula is C16H30N2. The molecule has 1 aliphatic heterocycles. The maximum absolute atomic E-state index is 3.93. The van der Waals surface area contributed by atoms with Gasteiger partial charge >= 0.3 is 0 Å². The fourth-order valence-electron chi connectivity index (χ4n) is 3.93. The number of hydrogen-bond acceptors (Lipinski definition) is 2. The largest absolute Gasteiger partial charge is 0.308 e. The molecule has 18 heavy (non-hydrogen) atoms. The first-order valence-corrected chi connectivity index (χ1v) is 8.16. The Morgan fingerprint density at radius 1 is 1.22 bits per heavy atom. The normalized spacial score (nSPS) is 36.3. The molecule has 104 valence electrons. The fourth-order valence-corrected chi connectivity index (χ4v) is 3.93. The molecule has 2 aliphatic carbocycles. The summed E-state index contributed by atoms with van der Waals surface area (Å²) in [6.45, 7) is 8.68. The Hall–Kier alpha value is -0.0800. The molecule has 2 saturated carbocycles. The zero-order valence-corrected chi connectivity index (χ0v) is 12.3. The molecule has 0 aromatic heterocycles. The fraction of sp³-hybridized carbons (Fsp3) is 1.00. The van der Waals surface area contributed by atoms with Crippen molar-refractivity contribution in [2.75, 3.05) is 19.6 Å². The van der Waals surface area contributed by atoms with Crippen LogP contribution in [-0.2, 0) is 0 Å². The molecule has 1 unspecified atom stereocenters. The van der Waals surface area contributed by atoms with Crippen LogP contribution in [-0.4, -0.2) is 35.6 Å². The minimum Gasteiger partial charge on any atom is -0.308 e. The third kappa shape index (κ3) is 2.46. The van der Waals surface area contributed by atoms with E-state index in [4.69, 9.17) is 0 Å². The highest BCUT2D eigenvalue weighted by Crippen LogP contribution is 2.38. The van der Waals surface area contributed by atoms with Crippen LogP contribution in [0.4, 0.5) is 0 Å². The quantitative estimate of drug-likeness (QED) is 0.824. The Kier molecular flexibility index (Phi) is 3.44. The molecule has 2 nitrogen and oxygen atoms in total. The molecule has 0 bridgehead atoms. The summed E-state index contributed by atoms with van der Waals surface area (Å²) in [4.78, 5) is 2.84. The zero-order valence-electron chi connectivity index (χ0n) is 12.3. The van der Waals surface area contributed by atoms with Gasteiger partial charge in [-0.25, -0.2) is 0 Å². The molecule has 0 aromatic rings. The standard InChI is InChI=1S/C16H30N2/c1-3-15(2)12-17-16(9-4-5-10-16)13-18(15)11-8-14-6-7-14/h14,17H,3-13H2,1-2H3. The van der Waals surface area contributed by atoms with E-state index >= 15 is 0 Å². The van der Waals surface area contributed by atoms with Crippen molar-refractivity contribution >= 4 is 0 Å². The summed E-state index contributed by atoms with van der Waals surface area (Å²) < 4.78 is 0. The smallest absolute Gasteiger partial charge is 0.0309 e. The van der Waals surface area contributed by atoms with Gasteiger partial charge in [-0.15, -0.1) is 0 Å². The minimum atomic E-state index is 0.405. The number of piperazine rings is 1. The highest BCUT2D eigenvalue weighted by Gasteiger charge is 2.45. The molecule has 1 N–H and O–H groups in total. The van der Waals surface area contributed by atoms with Crippen molar-refractivity contribution in [3.63, 3.8) is 0 Å². The Morgan fingerprint density at radius 3 is 2.56 bits per heavy atom. The van der Waals surface area contributed by atoms with Crippen LogP contribution >= 0.6 is 0 Å². The molecular weight excluding hydrogens is 220 g/mol. The maximum Gasteiger partial charge on any atom is 0.0309 e. The second-order valence-electron chi connectivity index (χ2n) is 7.35. The summed E-state index contributed by atoms with van der Waals surface area (Å²) in [5.41, 5.74) is 0.890. The minimum absolute atomic E-state index is 0.405. The van der Waals surface area contributed by atoms with Gasteiger partial charge in [-0.05, 0) is 45.1 Å². The second-order valence-corrected chi connectivity index (χ2v) is 7.35. The average Bonchev–Trinajstić information content (AvgIpc) is 3.11. The van der Waals surface area contributed by atoms with Crippen LogP contribution in [0.1, 0.15) is 65.2 Å². The molecule has 3 fully saturated rings. The topological polar surface area (TPSA) is 15.3 Å². The van der Waals surface area contributed by atoms with Crippen LogP contribution in [0.2, 0.25) is 0 Å². The van der Waals surface area contributed by atoms with E-state index in [0.717, 1.165) is 5.92 Å². The van der Waals surface area contributed by atoms with Gasteiger partial charge in [0, 0.05) is 24.2 Å². The number of rotatable bonds is 4. The highest BCUT2D eigenvalue weighted by atomic mass is 15.3. The first-order valence-electron chi connectivity index (χ1n) is 8.16. The Balaban J connectivity index is 1.66. The summed E-state index contributed by atoms with van der Waals surface area (Å²) in [6.07, 6.45) is 11.4. The average molecular weight is 250 g/mol. The summed E-state index contributed by atoms with van der Waals surface area (Å²) >= 11 is 0. The molecule has 3 rings (SSSR count). The molecule has 1 atom stereocenters. The van der Waals surface area contributed by atoms with Gasteiger partial charge < -0.3 is 5.32 Å². The van der Waals surface area contributed by atoms with Crippen molar-refractivity contribution in [3.05, 3.63) is 0 Å². The molecule has 1 saturated heterocycles. The van der Waals surface area contributed by atoms with Gasteiger partial charge in [0.25, 0.3) is 0 Å². The molecule has 0 amide bonds. The number of hydrogen-bond donors (Lipinski definition) is 1. The SMILES string of the molecule is CCC1(C)CNC2(CCCC2)CN1CCC1CC1. The molecule has 0 radical (unpaired) electrons. The van der Waals surface area contributed by atoms with Crippen molar-refractivity contribution in [2.24, 2.45) is 5.92 Å². The molecule has 1 spiro atoms. The lowest BCUT2D eigenvalue weighted by Gasteiger charge is -2.52. The van der Waals surface area contributed by atoms with Gasteiger partial charge in [0.15, 0.2) is 0 Å². The number of nitrogens with zero attached hydrogens (tertiary/aromatic N) is 1. The van der Waals surface area contributed by atoms with Gasteiger partial charge in [0.1, 0.15) is 0 Å². The Morgan fingerprint density at radius 2 is 1.94 bits per heavy atom. The van der Waals surface area contributed by atoms with E-state index in [-0.39, 0.29) is 0 Å². The first kappa shape index (κ1) is 12.9. The van der Waals surface area contributed by atoms with Crippen LogP contribution < -0.4 is 5.32 Å². The van der Waals surface area contributed by atoms with Gasteiger partial charge in [-0.2, -0.15) is 0 Å². The lowest BCUT2D eigenvalue weighted by atomic mass is 9.85. The van der Waals surface area contributed by atoms with E-state index < -0.39 is 0 Å². The molecule has 3 aliphatic rings. The second kappa shape index (κ2) is 4.79. The van der Waals surface area contributed by atoms with Crippen LogP contribution in [0.15, 0.2) is 0 Å².